The van der Waals surface area contributed by atoms with Gasteiger partial charge in [-0.2, -0.15) is 0 Å². The fraction of sp³-hybridized carbons (Fsp3) is 0.833. The predicted molar refractivity (Wildman–Crippen MR) is 105 cm³/mol. The molecule has 0 radical (unpaired) electrons. The molecular formula is C18H33N3O5S. The molecule has 1 amide bonds. The lowest BCUT2D eigenvalue weighted by atomic mass is 9.74. The molecule has 0 aromatic rings. The summed E-state index contributed by atoms with van der Waals surface area (Å²) < 4.78 is 0. The van der Waals surface area contributed by atoms with Gasteiger partial charge in [-0.3, -0.25) is 14.4 Å². The number of hydrogen-bond donors (Lipinski definition) is 4. The van der Waals surface area contributed by atoms with Crippen LogP contribution in [0.5, 0.6) is 0 Å². The van der Waals surface area contributed by atoms with E-state index in [0.717, 1.165) is 43.9 Å². The van der Waals surface area contributed by atoms with Crippen LogP contribution in [0.3, 0.4) is 0 Å². The van der Waals surface area contributed by atoms with E-state index in [1.165, 1.54) is 0 Å². The van der Waals surface area contributed by atoms with E-state index in [0.29, 0.717) is 25.3 Å². The highest BCUT2D eigenvalue weighted by Crippen LogP contribution is 2.36. The number of nitrogens with zero attached hydrogens (tertiary/aromatic N) is 1. The Morgan fingerprint density at radius 1 is 1.19 bits per heavy atom. The first-order valence-electron chi connectivity index (χ1n) is 9.55. The van der Waals surface area contributed by atoms with Gasteiger partial charge in [0.25, 0.3) is 0 Å². The molecule has 27 heavy (non-hydrogen) atoms. The van der Waals surface area contributed by atoms with Gasteiger partial charge in [0, 0.05) is 12.3 Å². The van der Waals surface area contributed by atoms with E-state index in [1.54, 1.807) is 11.8 Å². The summed E-state index contributed by atoms with van der Waals surface area (Å²) in [6.45, 7) is 3.49. The number of carboxylic acids is 2. The molecule has 1 aliphatic heterocycles. The standard InChI is InChI=1S/C12H19NO3S.C6H14N2O2/c1-8-2-3-9(12(15)16)10(6-8)11(14)13-4-5-17-7-13;7-4-2-1-3-5(8)6(9)10/h8-10H,2-7H2,1H3,(H,15,16);5H,1-4,7-8H2,(H,9,10). The Labute approximate surface area is 165 Å². The summed E-state index contributed by atoms with van der Waals surface area (Å²) in [6.07, 6.45) is 4.47. The summed E-state index contributed by atoms with van der Waals surface area (Å²) in [5, 5.41) is 17.5. The number of carbonyl (C=O) groups excluding carboxylic acids is 1. The number of hydrogen-bond acceptors (Lipinski definition) is 6. The summed E-state index contributed by atoms with van der Waals surface area (Å²) in [4.78, 5) is 35.5. The second-order valence-corrected chi connectivity index (χ2v) is 8.41. The lowest BCUT2D eigenvalue weighted by Crippen LogP contribution is -2.42. The molecule has 8 nitrogen and oxygen atoms in total. The zero-order chi connectivity index (χ0) is 20.4. The van der Waals surface area contributed by atoms with E-state index >= 15 is 0 Å². The highest BCUT2D eigenvalue weighted by Gasteiger charge is 2.40. The average Bonchev–Trinajstić information content (AvgIpc) is 3.16. The van der Waals surface area contributed by atoms with Crippen LogP contribution in [0.4, 0.5) is 0 Å². The monoisotopic (exact) mass is 403 g/mol. The highest BCUT2D eigenvalue weighted by atomic mass is 32.2. The van der Waals surface area contributed by atoms with E-state index in [-0.39, 0.29) is 11.8 Å². The van der Waals surface area contributed by atoms with E-state index in [2.05, 4.69) is 6.92 Å². The molecule has 4 atom stereocenters. The first-order valence-corrected chi connectivity index (χ1v) is 10.7. The van der Waals surface area contributed by atoms with Crippen LogP contribution >= 0.6 is 11.8 Å². The van der Waals surface area contributed by atoms with Crippen molar-refractivity contribution >= 4 is 29.6 Å². The summed E-state index contributed by atoms with van der Waals surface area (Å²) in [5.41, 5.74) is 10.4. The predicted octanol–water partition coefficient (Wildman–Crippen LogP) is 1.18. The van der Waals surface area contributed by atoms with Crippen LogP contribution in [0.15, 0.2) is 0 Å². The zero-order valence-electron chi connectivity index (χ0n) is 16.0. The Hall–Kier alpha value is -1.32. The summed E-state index contributed by atoms with van der Waals surface area (Å²) in [7, 11) is 0. The number of carboxylic acid groups (broad SMARTS) is 2. The molecule has 6 N–H and O–H groups in total. The molecule has 2 rings (SSSR count). The Kier molecular flexibility index (Phi) is 10.7. The fourth-order valence-electron chi connectivity index (χ4n) is 3.40. The highest BCUT2D eigenvalue weighted by molar-refractivity contribution is 7.99. The van der Waals surface area contributed by atoms with Gasteiger partial charge in [-0.25, -0.2) is 0 Å². The fourth-order valence-corrected chi connectivity index (χ4v) is 4.36. The van der Waals surface area contributed by atoms with E-state index in [4.69, 9.17) is 16.6 Å². The first-order chi connectivity index (χ1) is 12.8. The van der Waals surface area contributed by atoms with Crippen molar-refractivity contribution in [2.75, 3.05) is 24.7 Å². The van der Waals surface area contributed by atoms with E-state index in [1.807, 2.05) is 4.90 Å². The van der Waals surface area contributed by atoms with Gasteiger partial charge in [0.1, 0.15) is 6.04 Å². The zero-order valence-corrected chi connectivity index (χ0v) is 16.8. The lowest BCUT2D eigenvalue weighted by Gasteiger charge is -2.33. The van der Waals surface area contributed by atoms with Crippen molar-refractivity contribution in [3.05, 3.63) is 0 Å². The molecule has 0 aromatic heterocycles. The van der Waals surface area contributed by atoms with Gasteiger partial charge in [0.2, 0.25) is 5.91 Å². The van der Waals surface area contributed by atoms with Gasteiger partial charge in [-0.1, -0.05) is 13.3 Å². The van der Waals surface area contributed by atoms with E-state index in [9.17, 15) is 19.5 Å². The molecule has 1 heterocycles. The number of carbonyl (C=O) groups is 3. The minimum absolute atomic E-state index is 0.0638. The topological polar surface area (TPSA) is 147 Å². The summed E-state index contributed by atoms with van der Waals surface area (Å²) in [5.74, 6) is -0.260. The van der Waals surface area contributed by atoms with Gasteiger partial charge in [0.15, 0.2) is 0 Å². The molecule has 2 fully saturated rings. The Morgan fingerprint density at radius 3 is 2.41 bits per heavy atom. The second kappa shape index (κ2) is 12.2. The molecule has 1 saturated heterocycles. The van der Waals surface area contributed by atoms with Crippen molar-refractivity contribution in [2.45, 2.75) is 51.5 Å². The Balaban J connectivity index is 0.000000314. The summed E-state index contributed by atoms with van der Waals surface area (Å²) >= 11 is 1.74. The molecule has 9 heteroatoms. The van der Waals surface area contributed by atoms with Crippen LogP contribution in [-0.2, 0) is 14.4 Å². The minimum atomic E-state index is -0.933. The molecule has 1 saturated carbocycles. The summed E-state index contributed by atoms with van der Waals surface area (Å²) in [6, 6.07) is -0.716. The Morgan fingerprint density at radius 2 is 1.89 bits per heavy atom. The van der Waals surface area contributed by atoms with Gasteiger partial charge in [0.05, 0.1) is 17.7 Å². The molecule has 156 valence electrons. The number of nitrogens with two attached hydrogens (primary N) is 2. The van der Waals surface area contributed by atoms with Gasteiger partial charge in [-0.05, 0) is 44.6 Å². The molecular weight excluding hydrogens is 370 g/mol. The van der Waals surface area contributed by atoms with E-state index < -0.39 is 23.9 Å². The SMILES string of the molecule is CC1CCC(C(=O)O)C(C(=O)N2CCSC2)C1.NCCCCC(N)C(=O)O. The van der Waals surface area contributed by atoms with Crippen molar-refractivity contribution in [2.24, 2.45) is 29.2 Å². The maximum Gasteiger partial charge on any atom is 0.320 e. The normalized spacial score (nSPS) is 26.0. The molecule has 2 aliphatic rings. The third-order valence-corrected chi connectivity index (χ3v) is 6.06. The van der Waals surface area contributed by atoms with Crippen LogP contribution in [0.1, 0.15) is 45.4 Å². The maximum absolute atomic E-state index is 12.3. The van der Waals surface area contributed by atoms with Crippen LogP contribution in [0.25, 0.3) is 0 Å². The van der Waals surface area contributed by atoms with Crippen molar-refractivity contribution in [3.63, 3.8) is 0 Å². The quantitative estimate of drug-likeness (QED) is 0.463. The molecule has 1 aliphatic carbocycles. The van der Waals surface area contributed by atoms with Gasteiger partial charge in [-0.15, -0.1) is 11.8 Å². The van der Waals surface area contributed by atoms with Crippen molar-refractivity contribution < 1.29 is 24.6 Å². The van der Waals surface area contributed by atoms with Crippen molar-refractivity contribution in [1.29, 1.82) is 0 Å². The Bertz CT molecular complexity index is 499. The van der Waals surface area contributed by atoms with Crippen LogP contribution in [0.2, 0.25) is 0 Å². The molecule has 0 aromatic carbocycles. The average molecular weight is 404 g/mol. The van der Waals surface area contributed by atoms with Crippen molar-refractivity contribution in [3.8, 4) is 0 Å². The number of thioether (sulfide) groups is 1. The number of aliphatic carboxylic acids is 2. The van der Waals surface area contributed by atoms with Crippen LogP contribution < -0.4 is 11.5 Å². The second-order valence-electron chi connectivity index (χ2n) is 7.34. The third-order valence-electron chi connectivity index (χ3n) is 5.10. The van der Waals surface area contributed by atoms with Crippen LogP contribution in [-0.4, -0.2) is 63.7 Å². The smallest absolute Gasteiger partial charge is 0.320 e. The number of rotatable bonds is 7. The third kappa shape index (κ3) is 8.06. The van der Waals surface area contributed by atoms with Gasteiger partial charge >= 0.3 is 11.9 Å². The molecule has 0 bridgehead atoms. The number of unbranched alkanes of at least 4 members (excludes halogenated alkanes) is 1. The van der Waals surface area contributed by atoms with Crippen LogP contribution in [0, 0.1) is 17.8 Å². The largest absolute Gasteiger partial charge is 0.481 e. The maximum atomic E-state index is 12.3. The van der Waals surface area contributed by atoms with Crippen molar-refractivity contribution in [1.82, 2.24) is 4.90 Å². The first kappa shape index (κ1) is 23.7. The molecule has 4 unspecified atom stereocenters. The van der Waals surface area contributed by atoms with Gasteiger partial charge < -0.3 is 26.6 Å². The molecule has 0 spiro atoms. The lowest BCUT2D eigenvalue weighted by molar-refractivity contribution is -0.152. The minimum Gasteiger partial charge on any atom is -0.481 e. The number of amides is 1.